The van der Waals surface area contributed by atoms with Crippen molar-refractivity contribution in [3.63, 3.8) is 0 Å². The van der Waals surface area contributed by atoms with E-state index in [1.54, 1.807) is 18.2 Å². The zero-order valence-corrected chi connectivity index (χ0v) is 16.1. The van der Waals surface area contributed by atoms with Crippen LogP contribution >= 0.6 is 0 Å². The Morgan fingerprint density at radius 2 is 1.66 bits per heavy atom. The van der Waals surface area contributed by atoms with Crippen LogP contribution < -0.4 is 10.1 Å². The number of fused-ring (bicyclic) bond motifs is 1. The molecule has 0 fully saturated rings. The molecule has 2 N–H and O–H groups in total. The molecule has 0 saturated heterocycles. The molecule has 164 valence electrons. The van der Waals surface area contributed by atoms with E-state index in [1.165, 1.54) is 0 Å². The van der Waals surface area contributed by atoms with Crippen LogP contribution in [-0.2, 0) is 12.8 Å². The molecule has 0 bridgehead atoms. The molecule has 3 aromatic carbocycles. The van der Waals surface area contributed by atoms with E-state index in [2.05, 4.69) is 15.5 Å². The molecule has 0 saturated carbocycles. The third kappa shape index (κ3) is 4.69. The highest BCUT2D eigenvalue weighted by Gasteiger charge is 2.30. The molecule has 1 amide bonds. The summed E-state index contributed by atoms with van der Waals surface area (Å²) in [5, 5.41) is 9.75. The van der Waals surface area contributed by atoms with Gasteiger partial charge in [-0.1, -0.05) is 0 Å². The molecule has 0 aliphatic carbocycles. The summed E-state index contributed by atoms with van der Waals surface area (Å²) in [7, 11) is 0. The van der Waals surface area contributed by atoms with E-state index in [-0.39, 0.29) is 18.0 Å². The van der Waals surface area contributed by atoms with Gasteiger partial charge in [-0.2, -0.15) is 18.3 Å². The summed E-state index contributed by atoms with van der Waals surface area (Å²) in [4.78, 5) is 12.4. The predicted octanol–water partition coefficient (Wildman–Crippen LogP) is 5.69. The Labute approximate surface area is 177 Å². The Kier molecular flexibility index (Phi) is 5.52. The van der Waals surface area contributed by atoms with Crippen LogP contribution in [0.4, 0.5) is 27.8 Å². The van der Waals surface area contributed by atoms with E-state index in [0.29, 0.717) is 22.2 Å². The summed E-state index contributed by atoms with van der Waals surface area (Å²) in [6.45, 7) is -0.0920. The maximum Gasteiger partial charge on any atom is 0.416 e. The number of benzene rings is 3. The SMILES string of the molecule is O=C(Nc1n[nH]c2ccc(OCc3cc(F)cc(F)c3)cc12)c1ccc(C(F)(F)F)cc1. The van der Waals surface area contributed by atoms with Gasteiger partial charge in [0.15, 0.2) is 5.82 Å². The van der Waals surface area contributed by atoms with Gasteiger partial charge < -0.3 is 10.1 Å². The number of amides is 1. The first-order valence-corrected chi connectivity index (χ1v) is 9.23. The van der Waals surface area contributed by atoms with Crippen LogP contribution in [-0.4, -0.2) is 16.1 Å². The van der Waals surface area contributed by atoms with Crippen molar-refractivity contribution in [2.24, 2.45) is 0 Å². The standard InChI is InChI=1S/C22H14F5N3O2/c23-15-7-12(8-16(24)9-15)11-32-17-5-6-19-18(10-17)20(30-29-19)28-21(31)13-1-3-14(4-2-13)22(25,26)27/h1-10H,11H2,(H2,28,29,30,31). The van der Waals surface area contributed by atoms with Crippen LogP contribution in [0.25, 0.3) is 10.9 Å². The molecule has 32 heavy (non-hydrogen) atoms. The van der Waals surface area contributed by atoms with E-state index >= 15 is 0 Å². The van der Waals surface area contributed by atoms with E-state index in [9.17, 15) is 26.7 Å². The van der Waals surface area contributed by atoms with Crippen molar-refractivity contribution in [1.29, 1.82) is 0 Å². The summed E-state index contributed by atoms with van der Waals surface area (Å²) in [6.07, 6.45) is -4.50. The second-order valence-electron chi connectivity index (χ2n) is 6.88. The molecule has 4 rings (SSSR count). The van der Waals surface area contributed by atoms with Gasteiger partial charge in [0.2, 0.25) is 0 Å². The topological polar surface area (TPSA) is 67.0 Å². The minimum atomic E-state index is -4.50. The maximum absolute atomic E-state index is 13.3. The van der Waals surface area contributed by atoms with Crippen molar-refractivity contribution in [2.45, 2.75) is 12.8 Å². The van der Waals surface area contributed by atoms with E-state index < -0.39 is 29.3 Å². The second-order valence-corrected chi connectivity index (χ2v) is 6.88. The van der Waals surface area contributed by atoms with Crippen molar-refractivity contribution in [1.82, 2.24) is 10.2 Å². The molecule has 1 aromatic heterocycles. The van der Waals surface area contributed by atoms with Gasteiger partial charge in [0, 0.05) is 17.0 Å². The molecule has 10 heteroatoms. The number of alkyl halides is 3. The monoisotopic (exact) mass is 447 g/mol. The number of nitrogens with one attached hydrogen (secondary N) is 2. The molecule has 0 atom stereocenters. The van der Waals surface area contributed by atoms with Crippen molar-refractivity contribution in [3.8, 4) is 5.75 Å². The largest absolute Gasteiger partial charge is 0.489 e. The van der Waals surface area contributed by atoms with Crippen LogP contribution in [0.1, 0.15) is 21.5 Å². The lowest BCUT2D eigenvalue weighted by molar-refractivity contribution is -0.137. The molecule has 0 unspecified atom stereocenters. The number of ether oxygens (including phenoxy) is 1. The Morgan fingerprint density at radius 3 is 2.31 bits per heavy atom. The number of H-pyrrole nitrogens is 1. The minimum Gasteiger partial charge on any atom is -0.489 e. The first kappa shape index (κ1) is 21.3. The molecule has 4 aromatic rings. The highest BCUT2D eigenvalue weighted by atomic mass is 19.4. The summed E-state index contributed by atoms with van der Waals surface area (Å²) in [5.41, 5.74) is 0.0245. The van der Waals surface area contributed by atoms with Gasteiger partial charge in [0.25, 0.3) is 5.91 Å². The number of rotatable bonds is 5. The number of anilines is 1. The fraction of sp³-hybridized carbons (Fsp3) is 0.0909. The van der Waals surface area contributed by atoms with Gasteiger partial charge in [-0.3, -0.25) is 9.89 Å². The lowest BCUT2D eigenvalue weighted by Crippen LogP contribution is -2.13. The summed E-state index contributed by atoms with van der Waals surface area (Å²) < 4.78 is 70.3. The van der Waals surface area contributed by atoms with Crippen molar-refractivity contribution >= 4 is 22.6 Å². The van der Waals surface area contributed by atoms with Gasteiger partial charge in [0.1, 0.15) is 24.0 Å². The summed E-state index contributed by atoms with van der Waals surface area (Å²) in [5.74, 6) is -1.58. The Balaban J connectivity index is 1.50. The van der Waals surface area contributed by atoms with Gasteiger partial charge in [-0.05, 0) is 60.2 Å². The van der Waals surface area contributed by atoms with Crippen LogP contribution in [0.15, 0.2) is 60.7 Å². The fourth-order valence-electron chi connectivity index (χ4n) is 3.03. The number of halogens is 5. The molecular formula is C22H14F5N3O2. The summed E-state index contributed by atoms with van der Waals surface area (Å²) in [6, 6.07) is 11.6. The number of carbonyl (C=O) groups excluding carboxylic acids is 1. The van der Waals surface area contributed by atoms with E-state index in [0.717, 1.165) is 42.5 Å². The molecule has 0 aliphatic rings. The Hall–Kier alpha value is -3.95. The van der Waals surface area contributed by atoms with E-state index in [4.69, 9.17) is 4.74 Å². The second kappa shape index (κ2) is 8.29. The zero-order valence-electron chi connectivity index (χ0n) is 16.1. The van der Waals surface area contributed by atoms with Gasteiger partial charge in [-0.15, -0.1) is 0 Å². The van der Waals surface area contributed by atoms with Crippen LogP contribution in [0.5, 0.6) is 5.75 Å². The predicted molar refractivity (Wildman–Crippen MR) is 106 cm³/mol. The fourth-order valence-corrected chi connectivity index (χ4v) is 3.03. The lowest BCUT2D eigenvalue weighted by Gasteiger charge is -2.08. The average Bonchev–Trinajstić information content (AvgIpc) is 3.13. The van der Waals surface area contributed by atoms with Crippen LogP contribution in [0, 0.1) is 11.6 Å². The Bertz CT molecular complexity index is 1260. The molecule has 0 radical (unpaired) electrons. The highest BCUT2D eigenvalue weighted by Crippen LogP contribution is 2.30. The first-order chi connectivity index (χ1) is 15.2. The quantitative estimate of drug-likeness (QED) is 0.386. The Morgan fingerprint density at radius 1 is 0.969 bits per heavy atom. The van der Waals surface area contributed by atoms with Gasteiger partial charge in [0.05, 0.1) is 11.1 Å². The van der Waals surface area contributed by atoms with Crippen LogP contribution in [0.3, 0.4) is 0 Å². The average molecular weight is 447 g/mol. The van der Waals surface area contributed by atoms with Gasteiger partial charge >= 0.3 is 6.18 Å². The van der Waals surface area contributed by atoms with Gasteiger partial charge in [-0.25, -0.2) is 8.78 Å². The number of hydrogen-bond acceptors (Lipinski definition) is 3. The number of hydrogen-bond donors (Lipinski definition) is 2. The third-order valence-electron chi connectivity index (χ3n) is 4.57. The minimum absolute atomic E-state index is 0.0229. The highest BCUT2D eigenvalue weighted by molar-refractivity contribution is 6.08. The van der Waals surface area contributed by atoms with Crippen molar-refractivity contribution in [3.05, 3.63) is 89.0 Å². The lowest BCUT2D eigenvalue weighted by atomic mass is 10.1. The van der Waals surface area contributed by atoms with Crippen molar-refractivity contribution in [2.75, 3.05) is 5.32 Å². The smallest absolute Gasteiger partial charge is 0.416 e. The van der Waals surface area contributed by atoms with Crippen molar-refractivity contribution < 1.29 is 31.5 Å². The molecule has 1 heterocycles. The number of aromatic nitrogens is 2. The first-order valence-electron chi connectivity index (χ1n) is 9.23. The molecule has 0 spiro atoms. The molecular weight excluding hydrogens is 433 g/mol. The number of aromatic amines is 1. The number of carbonyl (C=O) groups is 1. The third-order valence-corrected chi connectivity index (χ3v) is 4.57. The van der Waals surface area contributed by atoms with E-state index in [1.807, 2.05) is 0 Å². The normalized spacial score (nSPS) is 11.5. The summed E-state index contributed by atoms with van der Waals surface area (Å²) >= 11 is 0. The maximum atomic E-state index is 13.3. The van der Waals surface area contributed by atoms with Crippen LogP contribution in [0.2, 0.25) is 0 Å². The number of nitrogens with zero attached hydrogens (tertiary/aromatic N) is 1. The molecule has 0 aliphatic heterocycles. The molecule has 5 nitrogen and oxygen atoms in total. The zero-order chi connectivity index (χ0) is 22.9.